The van der Waals surface area contributed by atoms with Crippen molar-refractivity contribution in [3.63, 3.8) is 0 Å². The van der Waals surface area contributed by atoms with E-state index in [1.165, 1.54) is 6.42 Å². The van der Waals surface area contributed by atoms with Crippen molar-refractivity contribution >= 4 is 9.84 Å². The van der Waals surface area contributed by atoms with Crippen molar-refractivity contribution in [3.8, 4) is 0 Å². The van der Waals surface area contributed by atoms with Gasteiger partial charge in [-0.15, -0.1) is 0 Å². The van der Waals surface area contributed by atoms with Gasteiger partial charge in [0, 0.05) is 12.6 Å². The van der Waals surface area contributed by atoms with E-state index < -0.39 is 9.84 Å². The molecule has 19 heavy (non-hydrogen) atoms. The normalized spacial score (nSPS) is 30.4. The molecule has 2 aliphatic rings. The third-order valence-corrected chi connectivity index (χ3v) is 7.11. The predicted molar refractivity (Wildman–Crippen MR) is 77.1 cm³/mol. The molecule has 4 nitrogen and oxygen atoms in total. The Morgan fingerprint density at radius 2 is 1.89 bits per heavy atom. The fourth-order valence-electron chi connectivity index (χ4n) is 3.24. The third-order valence-electron chi connectivity index (χ3n) is 4.40. The highest BCUT2D eigenvalue weighted by Crippen LogP contribution is 2.29. The summed E-state index contributed by atoms with van der Waals surface area (Å²) in [6.45, 7) is 4.05. The van der Waals surface area contributed by atoms with Gasteiger partial charge in [0.05, 0.1) is 11.9 Å². The Kier molecular flexibility index (Phi) is 5.66. The van der Waals surface area contributed by atoms with Crippen LogP contribution in [0.2, 0.25) is 0 Å². The summed E-state index contributed by atoms with van der Waals surface area (Å²) in [7, 11) is -3.05. The van der Waals surface area contributed by atoms with Crippen LogP contribution in [0, 0.1) is 0 Å². The first-order valence-electron chi connectivity index (χ1n) is 7.70. The van der Waals surface area contributed by atoms with Gasteiger partial charge in [0.25, 0.3) is 0 Å². The van der Waals surface area contributed by atoms with Gasteiger partial charge in [0.15, 0.2) is 9.84 Å². The van der Waals surface area contributed by atoms with E-state index in [1.807, 2.05) is 0 Å². The van der Waals surface area contributed by atoms with Crippen molar-refractivity contribution in [2.24, 2.45) is 0 Å². The molecule has 0 amide bonds. The van der Waals surface area contributed by atoms with E-state index in [0.29, 0.717) is 13.2 Å². The standard InChI is InChI=1S/C14H27NO3S/c1-2-9-15-13-8-10-18-11-14(13)19(16,17)12-6-4-3-5-7-12/h12-15H,2-11H2,1H3. The largest absolute Gasteiger partial charge is 0.380 e. The lowest BCUT2D eigenvalue weighted by Gasteiger charge is -2.35. The Morgan fingerprint density at radius 1 is 1.16 bits per heavy atom. The van der Waals surface area contributed by atoms with Gasteiger partial charge in [-0.2, -0.15) is 0 Å². The highest BCUT2D eigenvalue weighted by atomic mass is 32.2. The fourth-order valence-corrected chi connectivity index (χ4v) is 5.70. The summed E-state index contributed by atoms with van der Waals surface area (Å²) in [6, 6.07) is 0.0839. The monoisotopic (exact) mass is 289 g/mol. The van der Waals surface area contributed by atoms with Crippen molar-refractivity contribution in [1.82, 2.24) is 5.32 Å². The van der Waals surface area contributed by atoms with Gasteiger partial charge in [-0.3, -0.25) is 0 Å². The quantitative estimate of drug-likeness (QED) is 0.840. The molecule has 0 spiro atoms. The lowest BCUT2D eigenvalue weighted by Crippen LogP contribution is -2.53. The third kappa shape index (κ3) is 3.70. The minimum atomic E-state index is -3.05. The molecular formula is C14H27NO3S. The zero-order chi connectivity index (χ0) is 13.7. The number of sulfone groups is 1. The van der Waals surface area contributed by atoms with Gasteiger partial charge in [-0.1, -0.05) is 26.2 Å². The van der Waals surface area contributed by atoms with E-state index in [1.54, 1.807) is 0 Å². The molecule has 0 radical (unpaired) electrons. The summed E-state index contributed by atoms with van der Waals surface area (Å²) in [5.74, 6) is 0. The lowest BCUT2D eigenvalue weighted by molar-refractivity contribution is 0.0804. The summed E-state index contributed by atoms with van der Waals surface area (Å²) >= 11 is 0. The Labute approximate surface area is 117 Å². The Bertz CT molecular complexity index is 363. The van der Waals surface area contributed by atoms with Crippen molar-refractivity contribution in [2.75, 3.05) is 19.8 Å². The van der Waals surface area contributed by atoms with Crippen molar-refractivity contribution in [3.05, 3.63) is 0 Å². The molecule has 1 N–H and O–H groups in total. The van der Waals surface area contributed by atoms with Crippen LogP contribution in [0.1, 0.15) is 51.9 Å². The topological polar surface area (TPSA) is 55.4 Å². The maximum atomic E-state index is 12.8. The summed E-state index contributed by atoms with van der Waals surface area (Å²) in [5.41, 5.74) is 0. The van der Waals surface area contributed by atoms with Crippen LogP contribution in [0.3, 0.4) is 0 Å². The molecule has 2 rings (SSSR count). The summed E-state index contributed by atoms with van der Waals surface area (Å²) < 4.78 is 31.0. The van der Waals surface area contributed by atoms with Crippen LogP contribution in [0.15, 0.2) is 0 Å². The SMILES string of the molecule is CCCNC1CCOCC1S(=O)(=O)C1CCCCC1. The average Bonchev–Trinajstić information content (AvgIpc) is 2.46. The number of rotatable bonds is 5. The minimum absolute atomic E-state index is 0.0839. The minimum Gasteiger partial charge on any atom is -0.380 e. The molecule has 1 aliphatic carbocycles. The van der Waals surface area contributed by atoms with E-state index >= 15 is 0 Å². The highest BCUT2D eigenvalue weighted by molar-refractivity contribution is 7.92. The molecule has 1 saturated carbocycles. The molecule has 2 fully saturated rings. The average molecular weight is 289 g/mol. The maximum absolute atomic E-state index is 12.8. The van der Waals surface area contributed by atoms with E-state index in [-0.39, 0.29) is 16.5 Å². The first-order valence-corrected chi connectivity index (χ1v) is 9.31. The summed E-state index contributed by atoms with van der Waals surface area (Å²) in [4.78, 5) is 0. The van der Waals surface area contributed by atoms with Crippen LogP contribution in [0.5, 0.6) is 0 Å². The molecule has 1 aliphatic heterocycles. The Balaban J connectivity index is 2.06. The first-order chi connectivity index (χ1) is 9.16. The molecule has 2 atom stereocenters. The van der Waals surface area contributed by atoms with E-state index in [9.17, 15) is 8.42 Å². The van der Waals surface area contributed by atoms with Gasteiger partial charge in [0.1, 0.15) is 5.25 Å². The molecule has 0 aromatic carbocycles. The molecule has 112 valence electrons. The van der Waals surface area contributed by atoms with Gasteiger partial charge in [-0.05, 0) is 32.2 Å². The maximum Gasteiger partial charge on any atom is 0.159 e. The van der Waals surface area contributed by atoms with Crippen LogP contribution in [-0.4, -0.2) is 44.7 Å². The van der Waals surface area contributed by atoms with E-state index in [4.69, 9.17) is 4.74 Å². The smallest absolute Gasteiger partial charge is 0.159 e. The number of nitrogens with one attached hydrogen (secondary N) is 1. The van der Waals surface area contributed by atoms with Gasteiger partial charge in [-0.25, -0.2) is 8.42 Å². The van der Waals surface area contributed by atoms with Crippen LogP contribution in [0.4, 0.5) is 0 Å². The molecule has 1 saturated heterocycles. The highest BCUT2D eigenvalue weighted by Gasteiger charge is 2.40. The summed E-state index contributed by atoms with van der Waals surface area (Å²) in [5, 5.41) is 2.94. The second kappa shape index (κ2) is 7.04. The lowest BCUT2D eigenvalue weighted by atomic mass is 10.0. The molecule has 1 heterocycles. The fraction of sp³-hybridized carbons (Fsp3) is 1.00. The van der Waals surface area contributed by atoms with Crippen LogP contribution in [0.25, 0.3) is 0 Å². The van der Waals surface area contributed by atoms with E-state index in [0.717, 1.165) is 45.1 Å². The van der Waals surface area contributed by atoms with Gasteiger partial charge in [0.2, 0.25) is 0 Å². The van der Waals surface area contributed by atoms with Crippen LogP contribution < -0.4 is 5.32 Å². The molecule has 0 aromatic heterocycles. The molecule has 5 heteroatoms. The first kappa shape index (κ1) is 15.3. The number of ether oxygens (including phenoxy) is 1. The van der Waals surface area contributed by atoms with Crippen molar-refractivity contribution in [1.29, 1.82) is 0 Å². The van der Waals surface area contributed by atoms with Crippen LogP contribution in [-0.2, 0) is 14.6 Å². The van der Waals surface area contributed by atoms with Crippen LogP contribution >= 0.6 is 0 Å². The number of hydrogen-bond donors (Lipinski definition) is 1. The van der Waals surface area contributed by atoms with Gasteiger partial charge < -0.3 is 10.1 Å². The predicted octanol–water partition coefficient (Wildman–Crippen LogP) is 1.89. The van der Waals surface area contributed by atoms with Crippen molar-refractivity contribution < 1.29 is 13.2 Å². The zero-order valence-corrected chi connectivity index (χ0v) is 12.8. The van der Waals surface area contributed by atoms with E-state index in [2.05, 4.69) is 12.2 Å². The Morgan fingerprint density at radius 3 is 2.58 bits per heavy atom. The second-order valence-electron chi connectivity index (χ2n) is 5.81. The molecule has 0 aromatic rings. The van der Waals surface area contributed by atoms with Gasteiger partial charge >= 0.3 is 0 Å². The molecule has 2 unspecified atom stereocenters. The second-order valence-corrected chi connectivity index (χ2v) is 8.26. The zero-order valence-electron chi connectivity index (χ0n) is 11.9. The van der Waals surface area contributed by atoms with Crippen molar-refractivity contribution in [2.45, 2.75) is 68.4 Å². The summed E-state index contributed by atoms with van der Waals surface area (Å²) in [6.07, 6.45) is 6.85. The Hall–Kier alpha value is -0.130. The number of hydrogen-bond acceptors (Lipinski definition) is 4. The molecular weight excluding hydrogens is 262 g/mol. The molecule has 0 bridgehead atoms.